The third-order valence-corrected chi connectivity index (χ3v) is 6.95. The molecule has 8 heteroatoms. The summed E-state index contributed by atoms with van der Waals surface area (Å²) in [4.78, 5) is 42.6. The molecule has 3 aromatic rings. The Bertz CT molecular complexity index is 1220. The standard InChI is InChI=1S/C27H25N3O4S/c31-25(21-13-4-5-14-22(21)27(33)34)29-19-11-8-12-20(17-19)35-24(18-9-2-1-3-10-18)26(32)30-23-15-6-7-16-28-23/h1-12,15-17,21-22,24H,13-14H2,(H,29,31)(H,33,34)(H,28,30,32). The molecule has 1 aliphatic carbocycles. The average Bonchev–Trinajstić information content (AvgIpc) is 2.88. The van der Waals surface area contributed by atoms with E-state index in [2.05, 4.69) is 15.6 Å². The maximum absolute atomic E-state index is 13.2. The summed E-state index contributed by atoms with van der Waals surface area (Å²) in [6, 6.07) is 22.0. The van der Waals surface area contributed by atoms with Gasteiger partial charge in [0.05, 0.1) is 11.8 Å². The SMILES string of the molecule is O=C(Nc1ccccn1)C(Sc1cccc(NC(=O)C2CC=CCC2C(=O)O)c1)c1ccccc1. The summed E-state index contributed by atoms with van der Waals surface area (Å²) < 4.78 is 0. The molecule has 0 saturated heterocycles. The monoisotopic (exact) mass is 487 g/mol. The zero-order valence-corrected chi connectivity index (χ0v) is 19.7. The Morgan fingerprint density at radius 3 is 2.34 bits per heavy atom. The first-order valence-corrected chi connectivity index (χ1v) is 12.1. The molecule has 0 spiro atoms. The second kappa shape index (κ2) is 11.5. The number of benzene rings is 2. The normalized spacial score (nSPS) is 17.8. The van der Waals surface area contributed by atoms with Crippen molar-refractivity contribution in [2.24, 2.45) is 11.8 Å². The van der Waals surface area contributed by atoms with E-state index in [4.69, 9.17) is 0 Å². The van der Waals surface area contributed by atoms with Crippen molar-refractivity contribution in [2.75, 3.05) is 10.6 Å². The van der Waals surface area contributed by atoms with Gasteiger partial charge in [0.2, 0.25) is 11.8 Å². The number of amides is 2. The fraction of sp³-hybridized carbons (Fsp3) is 0.185. The Morgan fingerprint density at radius 2 is 1.63 bits per heavy atom. The Morgan fingerprint density at radius 1 is 0.886 bits per heavy atom. The predicted octanol–water partition coefficient (Wildman–Crippen LogP) is 5.16. The number of carbonyl (C=O) groups excluding carboxylic acids is 2. The van der Waals surface area contributed by atoms with Gasteiger partial charge in [-0.1, -0.05) is 54.6 Å². The van der Waals surface area contributed by atoms with Crippen LogP contribution in [0.25, 0.3) is 0 Å². The second-order valence-corrected chi connectivity index (χ2v) is 9.30. The van der Waals surface area contributed by atoms with E-state index in [0.29, 0.717) is 24.3 Å². The van der Waals surface area contributed by atoms with Gasteiger partial charge in [-0.2, -0.15) is 0 Å². The van der Waals surface area contributed by atoms with Crippen LogP contribution in [-0.4, -0.2) is 27.9 Å². The van der Waals surface area contributed by atoms with Crippen LogP contribution < -0.4 is 10.6 Å². The highest BCUT2D eigenvalue weighted by molar-refractivity contribution is 8.00. The minimum atomic E-state index is -0.969. The summed E-state index contributed by atoms with van der Waals surface area (Å²) in [5.41, 5.74) is 1.38. The molecule has 3 unspecified atom stereocenters. The first kappa shape index (κ1) is 24.2. The van der Waals surface area contributed by atoms with Crippen molar-refractivity contribution in [3.05, 3.63) is 96.7 Å². The van der Waals surface area contributed by atoms with E-state index in [0.717, 1.165) is 10.5 Å². The van der Waals surface area contributed by atoms with Crippen LogP contribution in [0.2, 0.25) is 0 Å². The molecule has 178 valence electrons. The minimum Gasteiger partial charge on any atom is -0.481 e. The zero-order valence-electron chi connectivity index (χ0n) is 18.8. The van der Waals surface area contributed by atoms with Crippen LogP contribution in [0.1, 0.15) is 23.7 Å². The van der Waals surface area contributed by atoms with Crippen molar-refractivity contribution in [1.82, 2.24) is 4.98 Å². The van der Waals surface area contributed by atoms with Crippen molar-refractivity contribution in [2.45, 2.75) is 23.0 Å². The molecule has 0 bridgehead atoms. The van der Waals surface area contributed by atoms with E-state index in [1.165, 1.54) is 11.8 Å². The molecule has 1 heterocycles. The van der Waals surface area contributed by atoms with Gasteiger partial charge in [-0.25, -0.2) is 4.98 Å². The Balaban J connectivity index is 1.51. The topological polar surface area (TPSA) is 108 Å². The highest BCUT2D eigenvalue weighted by atomic mass is 32.2. The number of anilines is 2. The molecule has 35 heavy (non-hydrogen) atoms. The molecule has 3 N–H and O–H groups in total. The number of carbonyl (C=O) groups is 3. The Labute approximate surface area is 207 Å². The lowest BCUT2D eigenvalue weighted by Gasteiger charge is -2.24. The number of carboxylic acid groups (broad SMARTS) is 1. The molecule has 0 aliphatic heterocycles. The Kier molecular flexibility index (Phi) is 7.95. The van der Waals surface area contributed by atoms with Crippen molar-refractivity contribution in [1.29, 1.82) is 0 Å². The summed E-state index contributed by atoms with van der Waals surface area (Å²) in [6.45, 7) is 0. The number of aromatic nitrogens is 1. The van der Waals surface area contributed by atoms with E-state index in [1.807, 2.05) is 42.5 Å². The van der Waals surface area contributed by atoms with E-state index >= 15 is 0 Å². The maximum atomic E-state index is 13.2. The molecular formula is C27H25N3O4S. The van der Waals surface area contributed by atoms with E-state index in [1.54, 1.807) is 48.7 Å². The number of rotatable bonds is 8. The van der Waals surface area contributed by atoms with Crippen LogP contribution in [0.3, 0.4) is 0 Å². The summed E-state index contributed by atoms with van der Waals surface area (Å²) in [6.07, 6.45) is 6.00. The van der Waals surface area contributed by atoms with Crippen LogP contribution in [-0.2, 0) is 14.4 Å². The molecule has 4 rings (SSSR count). The summed E-state index contributed by atoms with van der Waals surface area (Å²) in [5.74, 6) is -2.41. The molecule has 0 saturated carbocycles. The quantitative estimate of drug-likeness (QED) is 0.299. The first-order chi connectivity index (χ1) is 17.0. The van der Waals surface area contributed by atoms with Crippen LogP contribution in [0.4, 0.5) is 11.5 Å². The number of allylic oxidation sites excluding steroid dienone is 2. The third-order valence-electron chi connectivity index (χ3n) is 5.70. The lowest BCUT2D eigenvalue weighted by Crippen LogP contribution is -2.34. The average molecular weight is 488 g/mol. The first-order valence-electron chi connectivity index (χ1n) is 11.2. The molecule has 1 aromatic heterocycles. The number of nitrogens with zero attached hydrogens (tertiary/aromatic N) is 1. The van der Waals surface area contributed by atoms with Crippen molar-refractivity contribution in [3.63, 3.8) is 0 Å². The smallest absolute Gasteiger partial charge is 0.307 e. The van der Waals surface area contributed by atoms with E-state index in [-0.39, 0.29) is 11.8 Å². The van der Waals surface area contributed by atoms with Crippen LogP contribution in [0.5, 0.6) is 0 Å². The van der Waals surface area contributed by atoms with Gasteiger partial charge in [-0.3, -0.25) is 14.4 Å². The third kappa shape index (κ3) is 6.36. The number of hydrogen-bond acceptors (Lipinski definition) is 5. The molecule has 3 atom stereocenters. The number of pyridine rings is 1. The number of aliphatic carboxylic acids is 1. The van der Waals surface area contributed by atoms with Gasteiger partial charge >= 0.3 is 5.97 Å². The molecular weight excluding hydrogens is 462 g/mol. The van der Waals surface area contributed by atoms with Crippen LogP contribution >= 0.6 is 11.8 Å². The van der Waals surface area contributed by atoms with Gasteiger partial charge in [0.25, 0.3) is 0 Å². The van der Waals surface area contributed by atoms with Crippen molar-refractivity contribution in [3.8, 4) is 0 Å². The highest BCUT2D eigenvalue weighted by Crippen LogP contribution is 2.37. The number of carboxylic acids is 1. The maximum Gasteiger partial charge on any atom is 0.307 e. The van der Waals surface area contributed by atoms with E-state index < -0.39 is 23.1 Å². The number of nitrogens with one attached hydrogen (secondary N) is 2. The Hall–Kier alpha value is -3.91. The summed E-state index contributed by atoms with van der Waals surface area (Å²) in [5, 5.41) is 14.6. The van der Waals surface area contributed by atoms with Crippen molar-refractivity contribution >= 4 is 41.1 Å². The molecule has 2 aromatic carbocycles. The summed E-state index contributed by atoms with van der Waals surface area (Å²) in [7, 11) is 0. The van der Waals surface area contributed by atoms with Gasteiger partial charge in [0, 0.05) is 16.8 Å². The molecule has 0 fully saturated rings. The molecule has 7 nitrogen and oxygen atoms in total. The van der Waals surface area contributed by atoms with Crippen molar-refractivity contribution < 1.29 is 19.5 Å². The zero-order chi connectivity index (χ0) is 24.6. The van der Waals surface area contributed by atoms with Gasteiger partial charge in [-0.15, -0.1) is 11.8 Å². The predicted molar refractivity (Wildman–Crippen MR) is 136 cm³/mol. The van der Waals surface area contributed by atoms with Gasteiger partial charge in [0.1, 0.15) is 11.1 Å². The fourth-order valence-electron chi connectivity index (χ4n) is 3.92. The molecule has 0 radical (unpaired) electrons. The minimum absolute atomic E-state index is 0.215. The summed E-state index contributed by atoms with van der Waals surface area (Å²) >= 11 is 1.36. The van der Waals surface area contributed by atoms with Crippen LogP contribution in [0.15, 0.2) is 96.0 Å². The lowest BCUT2D eigenvalue weighted by atomic mass is 9.82. The van der Waals surface area contributed by atoms with Crippen LogP contribution in [0, 0.1) is 11.8 Å². The lowest BCUT2D eigenvalue weighted by molar-refractivity contribution is -0.146. The highest BCUT2D eigenvalue weighted by Gasteiger charge is 2.34. The fourth-order valence-corrected chi connectivity index (χ4v) is 5.01. The van der Waals surface area contributed by atoms with Gasteiger partial charge < -0.3 is 15.7 Å². The number of hydrogen-bond donors (Lipinski definition) is 3. The molecule has 2 amide bonds. The van der Waals surface area contributed by atoms with Gasteiger partial charge in [-0.05, 0) is 48.7 Å². The largest absolute Gasteiger partial charge is 0.481 e. The van der Waals surface area contributed by atoms with Gasteiger partial charge in [0.15, 0.2) is 0 Å². The molecule has 1 aliphatic rings. The second-order valence-electron chi connectivity index (χ2n) is 8.12. The number of thioether (sulfide) groups is 1. The van der Waals surface area contributed by atoms with E-state index in [9.17, 15) is 19.5 Å².